The van der Waals surface area contributed by atoms with E-state index >= 15 is 0 Å². The highest BCUT2D eigenvalue weighted by molar-refractivity contribution is 8.04. The number of hydrogen-bond donors (Lipinski definition) is 2. The fourth-order valence-corrected chi connectivity index (χ4v) is 3.87. The van der Waals surface area contributed by atoms with Crippen LogP contribution in [0.2, 0.25) is 0 Å². The van der Waals surface area contributed by atoms with E-state index in [0.29, 0.717) is 0 Å². The zero-order valence-corrected chi connectivity index (χ0v) is 11.0. The molecule has 0 fully saturated rings. The van der Waals surface area contributed by atoms with Gasteiger partial charge in [-0.25, -0.2) is 0 Å². The van der Waals surface area contributed by atoms with Crippen molar-refractivity contribution in [1.29, 1.82) is 0 Å². The summed E-state index contributed by atoms with van der Waals surface area (Å²) in [4.78, 5) is 10.2. The van der Waals surface area contributed by atoms with Crippen LogP contribution >= 0.6 is 0 Å². The first-order valence-corrected chi connectivity index (χ1v) is 7.59. The van der Waals surface area contributed by atoms with Gasteiger partial charge in [0.25, 0.3) is 30.8 Å². The van der Waals surface area contributed by atoms with Crippen molar-refractivity contribution in [2.24, 2.45) is 0 Å². The Labute approximate surface area is 109 Å². The smallest absolute Gasteiger partial charge is 0.295 e. The standard InChI is InChI=1S/C9H10O8S2/c10-7-17-6-9(18(11,12)13,19(14,15)16)8-4-2-1-3-5-8/h1-5,7H,6H2,(H,11,12,13)(H,14,15,16). The Morgan fingerprint density at radius 1 is 1.05 bits per heavy atom. The number of benzene rings is 1. The zero-order chi connectivity index (χ0) is 14.7. The van der Waals surface area contributed by atoms with Crippen molar-refractivity contribution in [3.63, 3.8) is 0 Å². The molecule has 2 N–H and O–H groups in total. The Balaban J connectivity index is 3.69. The van der Waals surface area contributed by atoms with Crippen LogP contribution in [0, 0.1) is 0 Å². The van der Waals surface area contributed by atoms with Crippen LogP contribution in [0.1, 0.15) is 5.56 Å². The summed E-state index contributed by atoms with van der Waals surface area (Å²) >= 11 is 0. The molecule has 19 heavy (non-hydrogen) atoms. The first-order chi connectivity index (χ1) is 8.67. The largest absolute Gasteiger partial charge is 0.465 e. The van der Waals surface area contributed by atoms with E-state index in [4.69, 9.17) is 0 Å². The highest BCUT2D eigenvalue weighted by Gasteiger charge is 2.57. The minimum Gasteiger partial charge on any atom is -0.465 e. The van der Waals surface area contributed by atoms with E-state index < -0.39 is 36.5 Å². The van der Waals surface area contributed by atoms with Gasteiger partial charge in [0.15, 0.2) is 0 Å². The van der Waals surface area contributed by atoms with Crippen LogP contribution in [-0.2, 0) is 33.8 Å². The van der Waals surface area contributed by atoms with Crippen molar-refractivity contribution >= 4 is 26.7 Å². The van der Waals surface area contributed by atoms with Crippen molar-refractivity contribution in [2.45, 2.75) is 4.08 Å². The van der Waals surface area contributed by atoms with Gasteiger partial charge in [-0.15, -0.1) is 0 Å². The SMILES string of the molecule is O=COCC(c1ccccc1)(S(=O)(=O)O)S(=O)(=O)O. The third-order valence-electron chi connectivity index (χ3n) is 2.39. The fraction of sp³-hybridized carbons (Fsp3) is 0.222. The molecule has 0 heterocycles. The molecule has 0 radical (unpaired) electrons. The third kappa shape index (κ3) is 2.76. The molecule has 1 aromatic carbocycles. The van der Waals surface area contributed by atoms with Crippen molar-refractivity contribution in [2.75, 3.05) is 6.61 Å². The van der Waals surface area contributed by atoms with Crippen molar-refractivity contribution in [3.8, 4) is 0 Å². The highest BCUT2D eigenvalue weighted by atomic mass is 32.3. The summed E-state index contributed by atoms with van der Waals surface area (Å²) in [5.74, 6) is 0. The van der Waals surface area contributed by atoms with Crippen LogP contribution in [0.4, 0.5) is 0 Å². The second-order valence-corrected chi connectivity index (χ2v) is 7.03. The first-order valence-electron chi connectivity index (χ1n) is 4.71. The number of carbonyl (C=O) groups excluding carboxylic acids is 1. The summed E-state index contributed by atoms with van der Waals surface area (Å²) in [5.41, 5.74) is -0.457. The van der Waals surface area contributed by atoms with Gasteiger partial charge in [0, 0.05) is 0 Å². The van der Waals surface area contributed by atoms with E-state index in [0.717, 1.165) is 12.1 Å². The lowest BCUT2D eigenvalue weighted by molar-refractivity contribution is -0.129. The lowest BCUT2D eigenvalue weighted by Crippen LogP contribution is -2.47. The lowest BCUT2D eigenvalue weighted by Gasteiger charge is -2.26. The van der Waals surface area contributed by atoms with Crippen LogP contribution in [-0.4, -0.2) is 39.0 Å². The first kappa shape index (κ1) is 15.6. The van der Waals surface area contributed by atoms with E-state index in [2.05, 4.69) is 4.74 Å². The van der Waals surface area contributed by atoms with Crippen molar-refractivity contribution in [3.05, 3.63) is 35.9 Å². The minimum absolute atomic E-state index is 0.200. The van der Waals surface area contributed by atoms with Crippen molar-refractivity contribution < 1.29 is 35.5 Å². The maximum absolute atomic E-state index is 11.4. The topological polar surface area (TPSA) is 135 Å². The summed E-state index contributed by atoms with van der Waals surface area (Å²) in [7, 11) is -10.7. The normalized spacial score (nSPS) is 12.9. The Bertz CT molecular complexity index is 615. The van der Waals surface area contributed by atoms with E-state index in [1.54, 1.807) is 0 Å². The highest BCUT2D eigenvalue weighted by Crippen LogP contribution is 2.35. The van der Waals surface area contributed by atoms with Crippen LogP contribution in [0.15, 0.2) is 30.3 Å². The van der Waals surface area contributed by atoms with Gasteiger partial charge in [0.05, 0.1) is 0 Å². The van der Waals surface area contributed by atoms with Gasteiger partial charge in [0.1, 0.15) is 6.61 Å². The number of ether oxygens (including phenoxy) is 1. The number of rotatable bonds is 6. The van der Waals surface area contributed by atoms with Gasteiger partial charge in [0.2, 0.25) is 0 Å². The molecule has 0 spiro atoms. The maximum Gasteiger partial charge on any atom is 0.295 e. The fourth-order valence-electron chi connectivity index (χ4n) is 1.50. The third-order valence-corrected chi connectivity index (χ3v) is 6.03. The molecule has 8 nitrogen and oxygen atoms in total. The molecular formula is C9H10O8S2. The van der Waals surface area contributed by atoms with Gasteiger partial charge >= 0.3 is 0 Å². The molecule has 0 aromatic heterocycles. The Hall–Kier alpha value is -1.49. The molecule has 0 aliphatic rings. The molecule has 0 aliphatic heterocycles. The second kappa shape index (κ2) is 5.25. The summed E-state index contributed by atoms with van der Waals surface area (Å²) in [6.07, 6.45) is 0. The average molecular weight is 310 g/mol. The number of hydrogen-bond acceptors (Lipinski definition) is 6. The molecule has 10 heteroatoms. The van der Waals surface area contributed by atoms with Crippen LogP contribution in [0.3, 0.4) is 0 Å². The van der Waals surface area contributed by atoms with E-state index in [1.807, 2.05) is 0 Å². The van der Waals surface area contributed by atoms with Gasteiger partial charge in [-0.05, 0) is 5.56 Å². The Morgan fingerprint density at radius 2 is 1.53 bits per heavy atom. The van der Waals surface area contributed by atoms with Gasteiger partial charge < -0.3 is 4.74 Å². The van der Waals surface area contributed by atoms with Gasteiger partial charge in [-0.3, -0.25) is 13.9 Å². The van der Waals surface area contributed by atoms with E-state index in [9.17, 15) is 30.7 Å². The Kier molecular flexibility index (Phi) is 4.30. The maximum atomic E-state index is 11.4. The van der Waals surface area contributed by atoms with Crippen LogP contribution < -0.4 is 0 Å². The van der Waals surface area contributed by atoms with Gasteiger partial charge in [-0.2, -0.15) is 16.8 Å². The summed E-state index contributed by atoms with van der Waals surface area (Å²) < 4.78 is 65.0. The predicted molar refractivity (Wildman–Crippen MR) is 63.2 cm³/mol. The molecular weight excluding hydrogens is 300 g/mol. The zero-order valence-electron chi connectivity index (χ0n) is 9.33. The van der Waals surface area contributed by atoms with E-state index in [-0.39, 0.29) is 6.47 Å². The minimum atomic E-state index is -5.33. The lowest BCUT2D eigenvalue weighted by atomic mass is 10.1. The monoisotopic (exact) mass is 310 g/mol. The molecule has 0 saturated heterocycles. The molecule has 0 saturated carbocycles. The van der Waals surface area contributed by atoms with E-state index in [1.165, 1.54) is 18.2 Å². The quantitative estimate of drug-likeness (QED) is 0.544. The van der Waals surface area contributed by atoms with Gasteiger partial charge in [-0.1, -0.05) is 30.3 Å². The summed E-state index contributed by atoms with van der Waals surface area (Å²) in [6.45, 7) is -1.48. The van der Waals surface area contributed by atoms with Crippen LogP contribution in [0.5, 0.6) is 0 Å². The molecule has 1 rings (SSSR count). The second-order valence-electron chi connectivity index (χ2n) is 3.48. The molecule has 0 atom stereocenters. The summed E-state index contributed by atoms with van der Waals surface area (Å²) in [5, 5.41) is 0. The van der Waals surface area contributed by atoms with Crippen LogP contribution in [0.25, 0.3) is 0 Å². The summed E-state index contributed by atoms with van der Waals surface area (Å²) in [6, 6.07) is 6.15. The predicted octanol–water partition coefficient (Wildman–Crippen LogP) is -0.212. The Morgan fingerprint density at radius 3 is 1.89 bits per heavy atom. The molecule has 0 bridgehead atoms. The average Bonchev–Trinajstić information content (AvgIpc) is 2.27. The molecule has 0 aliphatic carbocycles. The number of carbonyl (C=O) groups is 1. The molecule has 106 valence electrons. The van der Waals surface area contributed by atoms with Crippen molar-refractivity contribution in [1.82, 2.24) is 0 Å². The molecule has 0 amide bonds. The molecule has 1 aromatic rings. The molecule has 0 unspecified atom stereocenters.